The molecule has 1 heterocycles. The Labute approximate surface area is 177 Å². The third-order valence-corrected chi connectivity index (χ3v) is 5.47. The van der Waals surface area contributed by atoms with Gasteiger partial charge in [-0.1, -0.05) is 59.9 Å². The van der Waals surface area contributed by atoms with Crippen LogP contribution in [0.25, 0.3) is 5.69 Å². The molecule has 0 fully saturated rings. The zero-order valence-corrected chi connectivity index (χ0v) is 17.2. The van der Waals surface area contributed by atoms with Gasteiger partial charge in [0.15, 0.2) is 3.95 Å². The molecule has 2 amide bonds. The molecule has 3 rings (SSSR count). The van der Waals surface area contributed by atoms with Gasteiger partial charge in [-0.05, 0) is 29.9 Å². The molecule has 2 aromatic carbocycles. The van der Waals surface area contributed by atoms with Crippen LogP contribution in [0, 0.1) is 3.95 Å². The van der Waals surface area contributed by atoms with Crippen LogP contribution in [0.2, 0.25) is 0 Å². The molecular formula is C20H18ClN3O2S2. The number of carbonyl (C=O) groups is 2. The third kappa shape index (κ3) is 4.86. The molecule has 0 spiro atoms. The van der Waals surface area contributed by atoms with Crippen LogP contribution >= 0.6 is 35.2 Å². The van der Waals surface area contributed by atoms with Crippen molar-refractivity contribution in [1.29, 1.82) is 0 Å². The van der Waals surface area contributed by atoms with Gasteiger partial charge in [-0.2, -0.15) is 0 Å². The van der Waals surface area contributed by atoms with Crippen LogP contribution in [0.1, 0.15) is 21.7 Å². The molecule has 0 atom stereocenters. The second-order valence-electron chi connectivity index (χ2n) is 5.87. The standard InChI is InChI=1S/C20H18ClN3O2S2/c21-12-11-16(25)23-18-17(19(26)22-13-14-7-3-1-4-8-14)28-20(27)24(18)15-9-5-2-6-10-15/h1-10H,11-13H2,(H,22,26)(H,23,25). The number of hydrogen-bond acceptors (Lipinski definition) is 4. The van der Waals surface area contributed by atoms with Crippen LogP contribution < -0.4 is 10.6 Å². The summed E-state index contributed by atoms with van der Waals surface area (Å²) >= 11 is 12.3. The highest BCUT2D eigenvalue weighted by Gasteiger charge is 2.22. The molecule has 0 aliphatic rings. The second kappa shape index (κ2) is 9.64. The molecule has 8 heteroatoms. The summed E-state index contributed by atoms with van der Waals surface area (Å²) in [5.41, 5.74) is 1.75. The fraction of sp³-hybridized carbons (Fsp3) is 0.150. The van der Waals surface area contributed by atoms with Gasteiger partial charge in [-0.3, -0.25) is 14.2 Å². The van der Waals surface area contributed by atoms with Gasteiger partial charge >= 0.3 is 0 Å². The van der Waals surface area contributed by atoms with Gasteiger partial charge in [0.25, 0.3) is 5.91 Å². The number of carbonyl (C=O) groups excluding carboxylic acids is 2. The lowest BCUT2D eigenvalue weighted by molar-refractivity contribution is -0.115. The van der Waals surface area contributed by atoms with Crippen molar-refractivity contribution in [3.8, 4) is 5.69 Å². The van der Waals surface area contributed by atoms with Crippen LogP contribution in [-0.4, -0.2) is 22.3 Å². The first-order valence-electron chi connectivity index (χ1n) is 8.59. The van der Waals surface area contributed by atoms with Crippen LogP contribution in [-0.2, 0) is 11.3 Å². The van der Waals surface area contributed by atoms with Crippen LogP contribution in [0.4, 0.5) is 5.82 Å². The Kier molecular flexibility index (Phi) is 6.97. The minimum atomic E-state index is -0.296. The van der Waals surface area contributed by atoms with E-state index in [2.05, 4.69) is 10.6 Å². The molecule has 2 N–H and O–H groups in total. The maximum atomic E-state index is 12.8. The van der Waals surface area contributed by atoms with E-state index in [0.717, 1.165) is 22.6 Å². The smallest absolute Gasteiger partial charge is 0.265 e. The molecule has 0 aliphatic heterocycles. The molecular weight excluding hydrogens is 414 g/mol. The Hall–Kier alpha value is -2.48. The summed E-state index contributed by atoms with van der Waals surface area (Å²) in [6, 6.07) is 19.0. The number of thiazole rings is 1. The van der Waals surface area contributed by atoms with Gasteiger partial charge in [-0.25, -0.2) is 0 Å². The normalized spacial score (nSPS) is 10.5. The van der Waals surface area contributed by atoms with Crippen molar-refractivity contribution in [2.45, 2.75) is 13.0 Å². The number of para-hydroxylation sites is 1. The summed E-state index contributed by atoms with van der Waals surface area (Å²) < 4.78 is 2.17. The van der Waals surface area contributed by atoms with Gasteiger partial charge < -0.3 is 10.6 Å². The van der Waals surface area contributed by atoms with Crippen molar-refractivity contribution < 1.29 is 9.59 Å². The first-order chi connectivity index (χ1) is 13.6. The van der Waals surface area contributed by atoms with E-state index in [1.165, 1.54) is 0 Å². The van der Waals surface area contributed by atoms with Gasteiger partial charge in [-0.15, -0.1) is 11.6 Å². The Balaban J connectivity index is 1.94. The average Bonchev–Trinajstić information content (AvgIpc) is 3.03. The molecule has 3 aromatic rings. The molecule has 0 bridgehead atoms. The summed E-state index contributed by atoms with van der Waals surface area (Å²) in [5, 5.41) is 5.69. The first kappa shape index (κ1) is 20.3. The molecule has 5 nitrogen and oxygen atoms in total. The molecule has 0 saturated heterocycles. The predicted molar refractivity (Wildman–Crippen MR) is 116 cm³/mol. The van der Waals surface area contributed by atoms with Crippen molar-refractivity contribution in [3.63, 3.8) is 0 Å². The molecule has 0 saturated carbocycles. The van der Waals surface area contributed by atoms with Crippen LogP contribution in [0.3, 0.4) is 0 Å². The number of anilines is 1. The maximum Gasteiger partial charge on any atom is 0.265 e. The lowest BCUT2D eigenvalue weighted by Crippen LogP contribution is -2.24. The Bertz CT molecular complexity index is 1020. The number of benzene rings is 2. The van der Waals surface area contributed by atoms with Crippen molar-refractivity contribution in [3.05, 3.63) is 75.1 Å². The van der Waals surface area contributed by atoms with E-state index in [1.54, 1.807) is 4.57 Å². The SMILES string of the molecule is O=C(CCCl)Nc1c(C(=O)NCc2ccccc2)sc(=S)n1-c1ccccc1. The molecule has 0 unspecified atom stereocenters. The number of hydrogen-bond donors (Lipinski definition) is 2. The molecule has 0 aliphatic carbocycles. The number of halogens is 1. The summed E-state index contributed by atoms with van der Waals surface area (Å²) in [7, 11) is 0. The third-order valence-electron chi connectivity index (χ3n) is 3.91. The number of alkyl halides is 1. The topological polar surface area (TPSA) is 63.1 Å². The summed E-state index contributed by atoms with van der Waals surface area (Å²) in [6.07, 6.45) is 0.143. The van der Waals surface area contributed by atoms with Gasteiger partial charge in [0, 0.05) is 24.5 Å². The van der Waals surface area contributed by atoms with E-state index < -0.39 is 0 Å². The molecule has 28 heavy (non-hydrogen) atoms. The number of nitrogens with zero attached hydrogens (tertiary/aromatic N) is 1. The number of aromatic nitrogens is 1. The number of amides is 2. The quantitative estimate of drug-likeness (QED) is 0.418. The first-order valence-corrected chi connectivity index (χ1v) is 10.3. The van der Waals surface area contributed by atoms with E-state index in [-0.39, 0.29) is 24.1 Å². The van der Waals surface area contributed by atoms with Crippen molar-refractivity contribution in [2.75, 3.05) is 11.2 Å². The predicted octanol–water partition coefficient (Wildman–Crippen LogP) is 4.77. The number of rotatable bonds is 7. The fourth-order valence-corrected chi connectivity index (χ4v) is 4.08. The largest absolute Gasteiger partial charge is 0.347 e. The van der Waals surface area contributed by atoms with Crippen molar-refractivity contribution in [1.82, 2.24) is 9.88 Å². The summed E-state index contributed by atoms with van der Waals surface area (Å²) in [5.74, 6) is -0.0142. The van der Waals surface area contributed by atoms with Gasteiger partial charge in [0.05, 0.1) is 0 Å². The number of nitrogens with one attached hydrogen (secondary N) is 2. The van der Waals surface area contributed by atoms with Crippen molar-refractivity contribution >= 4 is 52.8 Å². The molecule has 0 radical (unpaired) electrons. The van der Waals surface area contributed by atoms with Crippen LogP contribution in [0.5, 0.6) is 0 Å². The fourth-order valence-electron chi connectivity index (χ4n) is 2.59. The highest BCUT2D eigenvalue weighted by Crippen LogP contribution is 2.29. The van der Waals surface area contributed by atoms with E-state index in [9.17, 15) is 9.59 Å². The maximum absolute atomic E-state index is 12.8. The van der Waals surface area contributed by atoms with Crippen molar-refractivity contribution in [2.24, 2.45) is 0 Å². The highest BCUT2D eigenvalue weighted by molar-refractivity contribution is 7.73. The lowest BCUT2D eigenvalue weighted by atomic mass is 10.2. The zero-order valence-electron chi connectivity index (χ0n) is 14.9. The summed E-state index contributed by atoms with van der Waals surface area (Å²) in [6.45, 7) is 0.380. The van der Waals surface area contributed by atoms with Crippen LogP contribution in [0.15, 0.2) is 60.7 Å². The lowest BCUT2D eigenvalue weighted by Gasteiger charge is -2.12. The minimum Gasteiger partial charge on any atom is -0.347 e. The zero-order chi connectivity index (χ0) is 19.9. The monoisotopic (exact) mass is 431 g/mol. The van der Waals surface area contributed by atoms with Gasteiger partial charge in [0.1, 0.15) is 10.7 Å². The van der Waals surface area contributed by atoms with E-state index in [4.69, 9.17) is 23.8 Å². The highest BCUT2D eigenvalue weighted by atomic mass is 35.5. The van der Waals surface area contributed by atoms with E-state index >= 15 is 0 Å². The molecule has 144 valence electrons. The van der Waals surface area contributed by atoms with E-state index in [0.29, 0.717) is 21.2 Å². The van der Waals surface area contributed by atoms with Gasteiger partial charge in [0.2, 0.25) is 5.91 Å². The second-order valence-corrected chi connectivity index (χ2v) is 7.89. The Morgan fingerprint density at radius 2 is 1.68 bits per heavy atom. The Morgan fingerprint density at radius 1 is 1.04 bits per heavy atom. The summed E-state index contributed by atoms with van der Waals surface area (Å²) in [4.78, 5) is 25.4. The molecule has 1 aromatic heterocycles. The average molecular weight is 432 g/mol. The minimum absolute atomic E-state index is 0.143. The Morgan fingerprint density at radius 3 is 2.32 bits per heavy atom. The van der Waals surface area contributed by atoms with E-state index in [1.807, 2.05) is 60.7 Å².